The Bertz CT molecular complexity index is 708. The van der Waals surface area contributed by atoms with Crippen molar-refractivity contribution in [1.82, 2.24) is 4.90 Å². The van der Waals surface area contributed by atoms with Crippen LogP contribution in [-0.4, -0.2) is 28.7 Å². The molecule has 1 N–H and O–H groups in total. The molecule has 1 saturated heterocycles. The maximum atomic E-state index is 11.0. The lowest BCUT2D eigenvalue weighted by molar-refractivity contribution is -0.0654. The Labute approximate surface area is 159 Å². The minimum Gasteiger partial charge on any atom is -0.390 e. The van der Waals surface area contributed by atoms with Crippen molar-refractivity contribution < 1.29 is 5.11 Å². The van der Waals surface area contributed by atoms with Crippen molar-refractivity contribution in [3.8, 4) is 0 Å². The maximum Gasteiger partial charge on any atom is 0.0679 e. The van der Waals surface area contributed by atoms with Crippen molar-refractivity contribution >= 4 is 0 Å². The van der Waals surface area contributed by atoms with E-state index in [-0.39, 0.29) is 10.8 Å². The largest absolute Gasteiger partial charge is 0.390 e. The molecule has 5 rings (SSSR count). The monoisotopic (exact) mass is 353 g/mol. The average molecular weight is 354 g/mol. The molecule has 0 bridgehead atoms. The van der Waals surface area contributed by atoms with E-state index in [4.69, 9.17) is 0 Å². The summed E-state index contributed by atoms with van der Waals surface area (Å²) in [5.41, 5.74) is 4.69. The third kappa shape index (κ3) is 2.14. The van der Waals surface area contributed by atoms with E-state index in [0.717, 1.165) is 12.8 Å². The van der Waals surface area contributed by atoms with Crippen LogP contribution in [-0.2, 0) is 0 Å². The van der Waals surface area contributed by atoms with Gasteiger partial charge in [0.2, 0.25) is 0 Å². The van der Waals surface area contributed by atoms with Gasteiger partial charge in [0.05, 0.1) is 5.60 Å². The normalized spacial score (nSPS) is 47.5. The molecule has 1 heterocycles. The summed E-state index contributed by atoms with van der Waals surface area (Å²) in [6, 6.07) is 0. The van der Waals surface area contributed by atoms with Gasteiger partial charge in [-0.1, -0.05) is 31.6 Å². The SMILES string of the molecule is C[C@]12CCC(N3CCCC3)=CC1=CCC1C2=CC[C@@]2(C)C1CC[C@]2(C)O. The van der Waals surface area contributed by atoms with Crippen molar-refractivity contribution in [2.45, 2.75) is 77.7 Å². The molecule has 5 aliphatic rings. The van der Waals surface area contributed by atoms with E-state index in [2.05, 4.69) is 43.9 Å². The first-order valence-electron chi connectivity index (χ1n) is 10.9. The van der Waals surface area contributed by atoms with E-state index in [1.54, 1.807) is 16.8 Å². The molecule has 0 aromatic rings. The van der Waals surface area contributed by atoms with Gasteiger partial charge in [0.15, 0.2) is 0 Å². The van der Waals surface area contributed by atoms with Crippen LogP contribution in [0.1, 0.15) is 72.1 Å². The fourth-order valence-corrected chi connectivity index (χ4v) is 7.11. The molecular weight excluding hydrogens is 318 g/mol. The van der Waals surface area contributed by atoms with Crippen LogP contribution in [0.15, 0.2) is 35.1 Å². The minimum atomic E-state index is -0.500. The van der Waals surface area contributed by atoms with E-state index >= 15 is 0 Å². The molecule has 0 amide bonds. The van der Waals surface area contributed by atoms with Crippen LogP contribution in [0.5, 0.6) is 0 Å². The van der Waals surface area contributed by atoms with Crippen molar-refractivity contribution in [3.05, 3.63) is 35.1 Å². The highest BCUT2D eigenvalue weighted by Crippen LogP contribution is 2.64. The smallest absolute Gasteiger partial charge is 0.0679 e. The van der Waals surface area contributed by atoms with Gasteiger partial charge in [-0.05, 0) is 81.8 Å². The quantitative estimate of drug-likeness (QED) is 0.654. The highest BCUT2D eigenvalue weighted by molar-refractivity contribution is 5.46. The highest BCUT2D eigenvalue weighted by Gasteiger charge is 2.59. The molecule has 4 aliphatic carbocycles. The number of aliphatic hydroxyl groups is 1. The fourth-order valence-electron chi connectivity index (χ4n) is 7.11. The van der Waals surface area contributed by atoms with Gasteiger partial charge in [0.25, 0.3) is 0 Å². The Hall–Kier alpha value is -1.02. The summed E-state index contributed by atoms with van der Waals surface area (Å²) in [4.78, 5) is 2.63. The van der Waals surface area contributed by atoms with E-state index in [9.17, 15) is 5.11 Å². The zero-order valence-corrected chi connectivity index (χ0v) is 16.9. The van der Waals surface area contributed by atoms with Crippen LogP contribution in [0.25, 0.3) is 0 Å². The van der Waals surface area contributed by atoms with Gasteiger partial charge in [-0.2, -0.15) is 0 Å². The number of fused-ring (bicyclic) bond motifs is 5. The molecule has 5 atom stereocenters. The summed E-state index contributed by atoms with van der Waals surface area (Å²) in [5, 5.41) is 11.0. The van der Waals surface area contributed by atoms with Crippen LogP contribution in [0.3, 0.4) is 0 Å². The second kappa shape index (κ2) is 5.50. The van der Waals surface area contributed by atoms with Crippen LogP contribution in [0.4, 0.5) is 0 Å². The molecule has 0 radical (unpaired) electrons. The van der Waals surface area contributed by atoms with E-state index in [1.807, 2.05) is 0 Å². The predicted octanol–water partition coefficient (Wildman–Crippen LogP) is 5.21. The maximum absolute atomic E-state index is 11.0. The van der Waals surface area contributed by atoms with E-state index in [0.29, 0.717) is 11.8 Å². The van der Waals surface area contributed by atoms with E-state index in [1.165, 1.54) is 51.6 Å². The zero-order valence-electron chi connectivity index (χ0n) is 16.9. The van der Waals surface area contributed by atoms with Crippen molar-refractivity contribution in [3.63, 3.8) is 0 Å². The Morgan fingerprint density at radius 1 is 1.08 bits per heavy atom. The van der Waals surface area contributed by atoms with Gasteiger partial charge >= 0.3 is 0 Å². The molecule has 2 nitrogen and oxygen atoms in total. The molecule has 0 aromatic carbocycles. The fraction of sp³-hybridized carbons (Fsp3) is 0.750. The van der Waals surface area contributed by atoms with Gasteiger partial charge in [-0.15, -0.1) is 0 Å². The number of nitrogens with zero attached hydrogens (tertiary/aromatic N) is 1. The lowest BCUT2D eigenvalue weighted by Crippen LogP contribution is -2.48. The van der Waals surface area contributed by atoms with Crippen molar-refractivity contribution in [2.75, 3.05) is 13.1 Å². The molecule has 2 heteroatoms. The Morgan fingerprint density at radius 3 is 2.62 bits per heavy atom. The van der Waals surface area contributed by atoms with Gasteiger partial charge < -0.3 is 10.0 Å². The lowest BCUT2D eigenvalue weighted by Gasteiger charge is -2.53. The van der Waals surface area contributed by atoms with Crippen LogP contribution >= 0.6 is 0 Å². The molecule has 2 unspecified atom stereocenters. The molecule has 0 aromatic heterocycles. The number of likely N-dealkylation sites (tertiary alicyclic amines) is 1. The second-order valence-corrected chi connectivity index (χ2v) is 10.4. The number of allylic oxidation sites excluding steroid dienone is 6. The Kier molecular flexibility index (Phi) is 3.62. The molecular formula is C24H35NO. The first-order valence-corrected chi connectivity index (χ1v) is 10.9. The molecule has 1 aliphatic heterocycles. The zero-order chi connectivity index (χ0) is 18.2. The van der Waals surface area contributed by atoms with Crippen LogP contribution in [0, 0.1) is 22.7 Å². The molecule has 0 spiro atoms. The number of rotatable bonds is 1. The predicted molar refractivity (Wildman–Crippen MR) is 107 cm³/mol. The number of hydrogen-bond acceptors (Lipinski definition) is 2. The lowest BCUT2D eigenvalue weighted by atomic mass is 9.52. The Morgan fingerprint density at radius 2 is 1.85 bits per heavy atom. The van der Waals surface area contributed by atoms with Crippen LogP contribution in [0.2, 0.25) is 0 Å². The van der Waals surface area contributed by atoms with Gasteiger partial charge in [-0.25, -0.2) is 0 Å². The second-order valence-electron chi connectivity index (χ2n) is 10.4. The summed E-state index contributed by atoms with van der Waals surface area (Å²) < 4.78 is 0. The highest BCUT2D eigenvalue weighted by atomic mass is 16.3. The molecule has 26 heavy (non-hydrogen) atoms. The van der Waals surface area contributed by atoms with Gasteiger partial charge in [0.1, 0.15) is 0 Å². The third-order valence-corrected chi connectivity index (χ3v) is 9.20. The first kappa shape index (κ1) is 17.1. The first-order chi connectivity index (χ1) is 12.4. The Balaban J connectivity index is 1.50. The van der Waals surface area contributed by atoms with Crippen molar-refractivity contribution in [2.24, 2.45) is 22.7 Å². The van der Waals surface area contributed by atoms with Gasteiger partial charge in [-0.3, -0.25) is 0 Å². The summed E-state index contributed by atoms with van der Waals surface area (Å²) >= 11 is 0. The summed E-state index contributed by atoms with van der Waals surface area (Å²) in [7, 11) is 0. The average Bonchev–Trinajstić information content (AvgIpc) is 3.21. The van der Waals surface area contributed by atoms with Crippen molar-refractivity contribution in [1.29, 1.82) is 0 Å². The molecule has 1 saturated carbocycles. The molecule has 2 fully saturated rings. The number of hydrogen-bond donors (Lipinski definition) is 1. The standard InChI is InChI=1S/C24H35NO/c1-22-11-8-18(25-14-4-5-15-25)16-17(22)6-7-19-20(22)9-12-23(2)21(19)10-13-24(23,3)26/h6,9,16,19,21,26H,4-5,7-8,10-15H2,1-3H3/t19?,21?,22-,23-,24-/m0/s1. The topological polar surface area (TPSA) is 23.5 Å². The third-order valence-electron chi connectivity index (χ3n) is 9.20. The van der Waals surface area contributed by atoms with Gasteiger partial charge in [0, 0.05) is 29.6 Å². The van der Waals surface area contributed by atoms with Crippen LogP contribution < -0.4 is 0 Å². The molecule has 142 valence electrons. The van der Waals surface area contributed by atoms with E-state index < -0.39 is 5.60 Å². The summed E-state index contributed by atoms with van der Waals surface area (Å²) in [6.07, 6.45) is 17.3. The summed E-state index contributed by atoms with van der Waals surface area (Å²) in [5.74, 6) is 1.30. The minimum absolute atomic E-state index is 0.0636. The summed E-state index contributed by atoms with van der Waals surface area (Å²) in [6.45, 7) is 9.46.